The molecule has 0 aliphatic carbocycles. The van der Waals surface area contributed by atoms with Gasteiger partial charge < -0.3 is 15.4 Å². The summed E-state index contributed by atoms with van der Waals surface area (Å²) in [4.78, 5) is 23.9. The van der Waals surface area contributed by atoms with Crippen LogP contribution in [0.1, 0.15) is 31.7 Å². The number of benzene rings is 1. The van der Waals surface area contributed by atoms with E-state index in [0.29, 0.717) is 19.6 Å². The van der Waals surface area contributed by atoms with Gasteiger partial charge in [-0.05, 0) is 31.7 Å². The highest BCUT2D eigenvalue weighted by molar-refractivity contribution is 5.89. The Kier molecular flexibility index (Phi) is 5.75. The SMILES string of the molecule is C[C@H](OCc1ccccc1)C(=O)N[C@@H]1CCCCNC1=O. The zero-order chi connectivity index (χ0) is 15.1. The lowest BCUT2D eigenvalue weighted by molar-refractivity contribution is -0.136. The second-order valence-electron chi connectivity index (χ2n) is 5.29. The summed E-state index contributed by atoms with van der Waals surface area (Å²) in [6.07, 6.45) is 1.99. The fraction of sp³-hybridized carbons (Fsp3) is 0.500. The third kappa shape index (κ3) is 4.86. The second kappa shape index (κ2) is 7.78. The Morgan fingerprint density at radius 1 is 1.38 bits per heavy atom. The number of ether oxygens (including phenoxy) is 1. The molecule has 2 amide bonds. The summed E-state index contributed by atoms with van der Waals surface area (Å²) in [5.41, 5.74) is 1.02. The first kappa shape index (κ1) is 15.5. The first-order valence-electron chi connectivity index (χ1n) is 7.40. The van der Waals surface area contributed by atoms with Crippen molar-refractivity contribution in [2.75, 3.05) is 6.54 Å². The Morgan fingerprint density at radius 2 is 2.14 bits per heavy atom. The number of amides is 2. The summed E-state index contributed by atoms with van der Waals surface area (Å²) >= 11 is 0. The van der Waals surface area contributed by atoms with Gasteiger partial charge in [0.1, 0.15) is 12.1 Å². The average Bonchev–Trinajstić information content (AvgIpc) is 2.71. The predicted molar refractivity (Wildman–Crippen MR) is 79.5 cm³/mol. The van der Waals surface area contributed by atoms with Crippen LogP contribution in [0.3, 0.4) is 0 Å². The van der Waals surface area contributed by atoms with Crippen LogP contribution in [0.25, 0.3) is 0 Å². The standard InChI is InChI=1S/C16H22N2O3/c1-12(21-11-13-7-3-2-4-8-13)15(19)18-14-9-5-6-10-17-16(14)20/h2-4,7-8,12,14H,5-6,9-11H2,1H3,(H,17,20)(H,18,19)/t12-,14+/m0/s1. The number of carbonyl (C=O) groups is 2. The van der Waals surface area contributed by atoms with Crippen molar-refractivity contribution in [3.63, 3.8) is 0 Å². The summed E-state index contributed by atoms with van der Waals surface area (Å²) in [6, 6.07) is 9.25. The molecule has 5 heteroatoms. The van der Waals surface area contributed by atoms with E-state index in [-0.39, 0.29) is 11.8 Å². The largest absolute Gasteiger partial charge is 0.364 e. The van der Waals surface area contributed by atoms with Gasteiger partial charge in [0.25, 0.3) is 0 Å². The maximum atomic E-state index is 12.1. The lowest BCUT2D eigenvalue weighted by Crippen LogP contribution is -2.48. The van der Waals surface area contributed by atoms with E-state index in [1.165, 1.54) is 0 Å². The van der Waals surface area contributed by atoms with Crippen molar-refractivity contribution in [2.24, 2.45) is 0 Å². The van der Waals surface area contributed by atoms with E-state index in [4.69, 9.17) is 4.74 Å². The van der Waals surface area contributed by atoms with Gasteiger partial charge in [0.2, 0.25) is 11.8 Å². The highest BCUT2D eigenvalue weighted by atomic mass is 16.5. The number of hydrogen-bond donors (Lipinski definition) is 2. The molecule has 2 rings (SSSR count). The van der Waals surface area contributed by atoms with Crippen LogP contribution in [0.15, 0.2) is 30.3 Å². The van der Waals surface area contributed by atoms with Crippen molar-refractivity contribution >= 4 is 11.8 Å². The van der Waals surface area contributed by atoms with E-state index in [1.807, 2.05) is 30.3 Å². The molecule has 2 atom stereocenters. The third-order valence-electron chi connectivity index (χ3n) is 3.56. The van der Waals surface area contributed by atoms with E-state index >= 15 is 0 Å². The van der Waals surface area contributed by atoms with Crippen LogP contribution in [-0.2, 0) is 20.9 Å². The molecule has 1 fully saturated rings. The van der Waals surface area contributed by atoms with Crippen molar-refractivity contribution in [3.8, 4) is 0 Å². The monoisotopic (exact) mass is 290 g/mol. The molecule has 1 aromatic rings. The minimum atomic E-state index is -0.582. The normalized spacial score (nSPS) is 20.2. The van der Waals surface area contributed by atoms with Crippen LogP contribution in [0.4, 0.5) is 0 Å². The van der Waals surface area contributed by atoms with Gasteiger partial charge in [-0.3, -0.25) is 9.59 Å². The Morgan fingerprint density at radius 3 is 2.90 bits per heavy atom. The number of hydrogen-bond acceptors (Lipinski definition) is 3. The molecule has 0 radical (unpaired) electrons. The van der Waals surface area contributed by atoms with Crippen LogP contribution in [0.5, 0.6) is 0 Å². The van der Waals surface area contributed by atoms with Gasteiger partial charge in [-0.25, -0.2) is 0 Å². The average molecular weight is 290 g/mol. The van der Waals surface area contributed by atoms with Crippen molar-refractivity contribution < 1.29 is 14.3 Å². The first-order chi connectivity index (χ1) is 10.2. The number of nitrogens with one attached hydrogen (secondary N) is 2. The summed E-state index contributed by atoms with van der Waals surface area (Å²) in [6.45, 7) is 2.77. The van der Waals surface area contributed by atoms with Gasteiger partial charge in [-0.1, -0.05) is 30.3 Å². The summed E-state index contributed by atoms with van der Waals surface area (Å²) in [7, 11) is 0. The van der Waals surface area contributed by atoms with Crippen LogP contribution < -0.4 is 10.6 Å². The summed E-state index contributed by atoms with van der Waals surface area (Å²) in [5.74, 6) is -0.343. The van der Waals surface area contributed by atoms with E-state index < -0.39 is 12.1 Å². The van der Waals surface area contributed by atoms with Crippen LogP contribution >= 0.6 is 0 Å². The molecular weight excluding hydrogens is 268 g/mol. The fourth-order valence-electron chi connectivity index (χ4n) is 2.24. The van der Waals surface area contributed by atoms with Crippen LogP contribution in [0.2, 0.25) is 0 Å². The molecule has 0 spiro atoms. The molecule has 0 saturated carbocycles. The van der Waals surface area contributed by atoms with Gasteiger partial charge in [-0.2, -0.15) is 0 Å². The molecule has 1 saturated heterocycles. The molecule has 2 N–H and O–H groups in total. The number of rotatable bonds is 5. The first-order valence-corrected chi connectivity index (χ1v) is 7.40. The smallest absolute Gasteiger partial charge is 0.249 e. The van der Waals surface area contributed by atoms with Crippen molar-refractivity contribution in [2.45, 2.75) is 44.9 Å². The summed E-state index contributed by atoms with van der Waals surface area (Å²) in [5, 5.41) is 5.57. The fourth-order valence-corrected chi connectivity index (χ4v) is 2.24. The molecule has 5 nitrogen and oxygen atoms in total. The zero-order valence-corrected chi connectivity index (χ0v) is 12.3. The van der Waals surface area contributed by atoms with Crippen molar-refractivity contribution in [3.05, 3.63) is 35.9 Å². The van der Waals surface area contributed by atoms with Crippen LogP contribution in [-0.4, -0.2) is 30.5 Å². The second-order valence-corrected chi connectivity index (χ2v) is 5.29. The lowest BCUT2D eigenvalue weighted by Gasteiger charge is -2.18. The summed E-state index contributed by atoms with van der Waals surface area (Å²) < 4.78 is 5.55. The van der Waals surface area contributed by atoms with E-state index in [1.54, 1.807) is 6.92 Å². The molecule has 0 bridgehead atoms. The Hall–Kier alpha value is -1.88. The Bertz CT molecular complexity index is 476. The van der Waals surface area contributed by atoms with Crippen LogP contribution in [0, 0.1) is 0 Å². The van der Waals surface area contributed by atoms with Gasteiger partial charge >= 0.3 is 0 Å². The quantitative estimate of drug-likeness (QED) is 0.861. The van der Waals surface area contributed by atoms with Gasteiger partial charge in [0.05, 0.1) is 6.61 Å². The number of carbonyl (C=O) groups excluding carboxylic acids is 2. The van der Waals surface area contributed by atoms with Gasteiger partial charge in [0, 0.05) is 6.54 Å². The van der Waals surface area contributed by atoms with E-state index in [2.05, 4.69) is 10.6 Å². The van der Waals surface area contributed by atoms with E-state index in [0.717, 1.165) is 18.4 Å². The highest BCUT2D eigenvalue weighted by Crippen LogP contribution is 2.07. The molecule has 1 aromatic carbocycles. The molecule has 0 unspecified atom stereocenters. The van der Waals surface area contributed by atoms with Crippen molar-refractivity contribution in [1.82, 2.24) is 10.6 Å². The maximum Gasteiger partial charge on any atom is 0.249 e. The minimum absolute atomic E-state index is 0.101. The Labute approximate surface area is 125 Å². The predicted octanol–water partition coefficient (Wildman–Crippen LogP) is 1.38. The molecular formula is C16H22N2O3. The molecule has 0 aromatic heterocycles. The zero-order valence-electron chi connectivity index (χ0n) is 12.3. The highest BCUT2D eigenvalue weighted by Gasteiger charge is 2.24. The van der Waals surface area contributed by atoms with Gasteiger partial charge in [0.15, 0.2) is 0 Å². The maximum absolute atomic E-state index is 12.1. The molecule has 1 aliphatic rings. The van der Waals surface area contributed by atoms with E-state index in [9.17, 15) is 9.59 Å². The third-order valence-corrected chi connectivity index (χ3v) is 3.56. The minimum Gasteiger partial charge on any atom is -0.364 e. The Balaban J connectivity index is 1.80. The topological polar surface area (TPSA) is 67.4 Å². The molecule has 21 heavy (non-hydrogen) atoms. The van der Waals surface area contributed by atoms with Gasteiger partial charge in [-0.15, -0.1) is 0 Å². The van der Waals surface area contributed by atoms with Crippen molar-refractivity contribution in [1.29, 1.82) is 0 Å². The molecule has 1 heterocycles. The molecule has 114 valence electrons. The lowest BCUT2D eigenvalue weighted by atomic mass is 10.1. The molecule has 1 aliphatic heterocycles.